The summed E-state index contributed by atoms with van der Waals surface area (Å²) in [5.41, 5.74) is 6.87. The number of furan rings is 1. The van der Waals surface area contributed by atoms with E-state index in [4.69, 9.17) is 10.2 Å². The summed E-state index contributed by atoms with van der Waals surface area (Å²) in [6.07, 6.45) is 5.45. The van der Waals surface area contributed by atoms with Crippen LogP contribution in [0.25, 0.3) is 0 Å². The summed E-state index contributed by atoms with van der Waals surface area (Å²) in [5, 5.41) is 0. The number of nitrogens with two attached hydrogens (primary N) is 1. The molecule has 0 atom stereocenters. The van der Waals surface area contributed by atoms with Crippen molar-refractivity contribution in [2.75, 3.05) is 6.54 Å². The molecule has 2 rings (SSSR count). The van der Waals surface area contributed by atoms with Crippen molar-refractivity contribution in [2.45, 2.75) is 65.6 Å². The average Bonchev–Trinajstić information content (AvgIpc) is 2.97. The summed E-state index contributed by atoms with van der Waals surface area (Å²) in [5.74, 6) is 2.75. The zero-order valence-corrected chi connectivity index (χ0v) is 12.6. The molecule has 1 aliphatic carbocycles. The van der Waals surface area contributed by atoms with E-state index in [0.29, 0.717) is 12.5 Å². The van der Waals surface area contributed by atoms with E-state index in [1.54, 1.807) is 0 Å². The van der Waals surface area contributed by atoms with Gasteiger partial charge in [0, 0.05) is 24.7 Å². The van der Waals surface area contributed by atoms with Crippen molar-refractivity contribution in [2.24, 2.45) is 11.7 Å². The molecule has 0 radical (unpaired) electrons. The molecule has 108 valence electrons. The SMILES string of the molecule is Cc1oc(CN(CC(C)C)C2CCCC2)cc1CN. The monoisotopic (exact) mass is 264 g/mol. The van der Waals surface area contributed by atoms with Gasteiger partial charge in [-0.3, -0.25) is 4.90 Å². The number of rotatable bonds is 6. The lowest BCUT2D eigenvalue weighted by Crippen LogP contribution is -2.35. The van der Waals surface area contributed by atoms with Crippen molar-refractivity contribution in [3.63, 3.8) is 0 Å². The molecule has 0 amide bonds. The first-order valence-corrected chi connectivity index (χ1v) is 7.62. The Morgan fingerprint density at radius 1 is 1.37 bits per heavy atom. The van der Waals surface area contributed by atoms with Gasteiger partial charge in [-0.15, -0.1) is 0 Å². The predicted octanol–water partition coefficient (Wildman–Crippen LogP) is 3.45. The third kappa shape index (κ3) is 3.83. The second-order valence-corrected chi connectivity index (χ2v) is 6.26. The van der Waals surface area contributed by atoms with Crippen molar-refractivity contribution < 1.29 is 4.42 Å². The van der Waals surface area contributed by atoms with E-state index in [1.807, 2.05) is 6.92 Å². The Hall–Kier alpha value is -0.800. The fourth-order valence-corrected chi connectivity index (χ4v) is 3.15. The van der Waals surface area contributed by atoms with Gasteiger partial charge in [-0.2, -0.15) is 0 Å². The van der Waals surface area contributed by atoms with Gasteiger partial charge in [0.1, 0.15) is 11.5 Å². The van der Waals surface area contributed by atoms with E-state index >= 15 is 0 Å². The predicted molar refractivity (Wildman–Crippen MR) is 78.8 cm³/mol. The molecule has 0 bridgehead atoms. The molecule has 0 unspecified atom stereocenters. The molecule has 1 aliphatic rings. The van der Waals surface area contributed by atoms with Crippen LogP contribution in [0, 0.1) is 12.8 Å². The van der Waals surface area contributed by atoms with Crippen molar-refractivity contribution in [3.05, 3.63) is 23.2 Å². The Morgan fingerprint density at radius 3 is 2.58 bits per heavy atom. The second-order valence-electron chi connectivity index (χ2n) is 6.26. The maximum absolute atomic E-state index is 5.86. The van der Waals surface area contributed by atoms with Crippen molar-refractivity contribution in [1.29, 1.82) is 0 Å². The molecule has 2 N–H and O–H groups in total. The van der Waals surface area contributed by atoms with Gasteiger partial charge < -0.3 is 10.2 Å². The minimum Gasteiger partial charge on any atom is -0.465 e. The Bertz CT molecular complexity index is 391. The van der Waals surface area contributed by atoms with Crippen LogP contribution in [-0.2, 0) is 13.1 Å². The molecule has 0 aliphatic heterocycles. The topological polar surface area (TPSA) is 42.4 Å². The normalized spacial score (nSPS) is 16.9. The van der Waals surface area contributed by atoms with Crippen molar-refractivity contribution in [1.82, 2.24) is 4.90 Å². The molecule has 1 aromatic heterocycles. The van der Waals surface area contributed by atoms with Gasteiger partial charge in [0.25, 0.3) is 0 Å². The third-order valence-electron chi connectivity index (χ3n) is 4.09. The number of aryl methyl sites for hydroxylation is 1. The number of hydrogen-bond acceptors (Lipinski definition) is 3. The van der Waals surface area contributed by atoms with Gasteiger partial charge in [0.2, 0.25) is 0 Å². The van der Waals surface area contributed by atoms with Gasteiger partial charge in [0.15, 0.2) is 0 Å². The van der Waals surface area contributed by atoms with E-state index in [1.165, 1.54) is 25.7 Å². The number of hydrogen-bond donors (Lipinski definition) is 1. The third-order valence-corrected chi connectivity index (χ3v) is 4.09. The minimum atomic E-state index is 0.572. The summed E-state index contributed by atoms with van der Waals surface area (Å²) >= 11 is 0. The molecular formula is C16H28N2O. The summed E-state index contributed by atoms with van der Waals surface area (Å²) < 4.78 is 5.86. The van der Waals surface area contributed by atoms with Gasteiger partial charge in [-0.25, -0.2) is 0 Å². The van der Waals surface area contributed by atoms with E-state index in [-0.39, 0.29) is 0 Å². The lowest BCUT2D eigenvalue weighted by molar-refractivity contribution is 0.156. The molecule has 3 nitrogen and oxygen atoms in total. The Morgan fingerprint density at radius 2 is 2.05 bits per heavy atom. The first kappa shape index (κ1) is 14.6. The molecule has 1 saturated carbocycles. The van der Waals surface area contributed by atoms with Gasteiger partial charge in [0.05, 0.1) is 6.54 Å². The molecular weight excluding hydrogens is 236 g/mol. The average molecular weight is 264 g/mol. The highest BCUT2D eigenvalue weighted by atomic mass is 16.3. The van der Waals surface area contributed by atoms with Crippen LogP contribution in [0.5, 0.6) is 0 Å². The van der Waals surface area contributed by atoms with Crippen LogP contribution in [0.15, 0.2) is 10.5 Å². The first-order chi connectivity index (χ1) is 9.10. The highest BCUT2D eigenvalue weighted by Gasteiger charge is 2.24. The molecule has 0 saturated heterocycles. The lowest BCUT2D eigenvalue weighted by Gasteiger charge is -2.29. The van der Waals surface area contributed by atoms with Crippen LogP contribution >= 0.6 is 0 Å². The second kappa shape index (κ2) is 6.58. The van der Waals surface area contributed by atoms with Gasteiger partial charge in [-0.1, -0.05) is 26.7 Å². The van der Waals surface area contributed by atoms with Crippen molar-refractivity contribution >= 4 is 0 Å². The molecule has 3 heteroatoms. The Balaban J connectivity index is 2.05. The summed E-state index contributed by atoms with van der Waals surface area (Å²) in [4.78, 5) is 2.61. The fraction of sp³-hybridized carbons (Fsp3) is 0.750. The maximum atomic E-state index is 5.86. The van der Waals surface area contributed by atoms with Gasteiger partial charge in [-0.05, 0) is 31.7 Å². The van der Waals surface area contributed by atoms with E-state index in [9.17, 15) is 0 Å². The highest BCUT2D eigenvalue weighted by Crippen LogP contribution is 2.26. The summed E-state index contributed by atoms with van der Waals surface area (Å²) in [6.45, 7) is 9.25. The minimum absolute atomic E-state index is 0.572. The standard InChI is InChI=1S/C16H28N2O/c1-12(2)10-18(15-6-4-5-7-15)11-16-8-14(9-17)13(3)19-16/h8,12,15H,4-7,9-11,17H2,1-3H3. The lowest BCUT2D eigenvalue weighted by atomic mass is 10.1. The zero-order chi connectivity index (χ0) is 13.8. The smallest absolute Gasteiger partial charge is 0.118 e. The van der Waals surface area contributed by atoms with Crippen LogP contribution in [0.2, 0.25) is 0 Å². The fourth-order valence-electron chi connectivity index (χ4n) is 3.15. The van der Waals surface area contributed by atoms with Crippen LogP contribution in [0.4, 0.5) is 0 Å². The molecule has 1 heterocycles. The van der Waals surface area contributed by atoms with Crippen molar-refractivity contribution in [3.8, 4) is 0 Å². The maximum Gasteiger partial charge on any atom is 0.118 e. The first-order valence-electron chi connectivity index (χ1n) is 7.62. The van der Waals surface area contributed by atoms with Crippen LogP contribution in [0.3, 0.4) is 0 Å². The molecule has 1 aromatic rings. The van der Waals surface area contributed by atoms with Crippen LogP contribution in [0.1, 0.15) is 56.6 Å². The summed E-state index contributed by atoms with van der Waals surface area (Å²) in [7, 11) is 0. The Kier molecular flexibility index (Phi) is 5.06. The summed E-state index contributed by atoms with van der Waals surface area (Å²) in [6, 6.07) is 2.88. The quantitative estimate of drug-likeness (QED) is 0.855. The molecule has 0 aromatic carbocycles. The van der Waals surface area contributed by atoms with E-state index < -0.39 is 0 Å². The van der Waals surface area contributed by atoms with Crippen LogP contribution < -0.4 is 5.73 Å². The molecule has 1 fully saturated rings. The largest absolute Gasteiger partial charge is 0.465 e. The molecule has 0 spiro atoms. The highest BCUT2D eigenvalue weighted by molar-refractivity contribution is 5.20. The van der Waals surface area contributed by atoms with E-state index in [0.717, 1.165) is 36.2 Å². The van der Waals surface area contributed by atoms with E-state index in [2.05, 4.69) is 24.8 Å². The van der Waals surface area contributed by atoms with Crippen LogP contribution in [-0.4, -0.2) is 17.5 Å². The zero-order valence-electron chi connectivity index (χ0n) is 12.6. The van der Waals surface area contributed by atoms with Gasteiger partial charge >= 0.3 is 0 Å². The number of nitrogens with zero attached hydrogens (tertiary/aromatic N) is 1. The Labute approximate surface area is 117 Å². The molecule has 19 heavy (non-hydrogen) atoms.